The molecule has 2 atom stereocenters. The molecule has 1 fully saturated rings. The number of fused-ring (bicyclic) bond motifs is 3. The molecule has 28 heavy (non-hydrogen) atoms. The van der Waals surface area contributed by atoms with E-state index in [0.29, 0.717) is 30.1 Å². The van der Waals surface area contributed by atoms with Crippen LogP contribution in [-0.2, 0) is 7.05 Å². The molecule has 0 N–H and O–H groups in total. The highest BCUT2D eigenvalue weighted by atomic mass is 19.1. The van der Waals surface area contributed by atoms with Gasteiger partial charge in [-0.1, -0.05) is 18.2 Å². The molecule has 0 spiro atoms. The van der Waals surface area contributed by atoms with E-state index >= 15 is 0 Å². The van der Waals surface area contributed by atoms with Gasteiger partial charge in [0, 0.05) is 49.8 Å². The first kappa shape index (κ1) is 16.9. The molecule has 1 aromatic carbocycles. The molecule has 2 aromatic heterocycles. The zero-order chi connectivity index (χ0) is 19.3. The molecule has 7 heteroatoms. The molecule has 6 nitrogen and oxygen atoms in total. The van der Waals surface area contributed by atoms with Crippen LogP contribution in [0.15, 0.2) is 53.6 Å². The van der Waals surface area contributed by atoms with Gasteiger partial charge in [-0.15, -0.1) is 0 Å². The fourth-order valence-corrected chi connectivity index (χ4v) is 4.20. The van der Waals surface area contributed by atoms with Crippen molar-refractivity contribution in [3.63, 3.8) is 0 Å². The van der Waals surface area contributed by atoms with Gasteiger partial charge in [-0.25, -0.2) is 9.37 Å². The van der Waals surface area contributed by atoms with E-state index in [2.05, 4.69) is 20.9 Å². The lowest BCUT2D eigenvalue weighted by molar-refractivity contribution is 0.220. The zero-order valence-corrected chi connectivity index (χ0v) is 15.4. The molecule has 4 heterocycles. The van der Waals surface area contributed by atoms with Gasteiger partial charge in [-0.05, 0) is 17.7 Å². The van der Waals surface area contributed by atoms with Crippen LogP contribution in [0.25, 0.3) is 11.3 Å². The number of pyridine rings is 1. The van der Waals surface area contributed by atoms with Crippen molar-refractivity contribution in [1.82, 2.24) is 14.5 Å². The highest BCUT2D eigenvalue weighted by molar-refractivity contribution is 5.60. The standard InChI is InChI=1S/C21H19FN4O2/c1-25-20(27)8-18(15-6-7-23-9-17(15)22)24-21(25)26-10-13-12-28-19-5-3-2-4-14(19)16(13)11-26/h2-9,13,16H,10-12H2,1H3/t13-,16-/m1/s1. The molecule has 3 aromatic rings. The molecule has 0 amide bonds. The van der Waals surface area contributed by atoms with Gasteiger partial charge in [0.1, 0.15) is 5.75 Å². The second-order valence-electron chi connectivity index (χ2n) is 7.31. The molecule has 0 bridgehead atoms. The molecule has 0 saturated carbocycles. The molecule has 2 aliphatic heterocycles. The van der Waals surface area contributed by atoms with Crippen LogP contribution < -0.4 is 15.2 Å². The minimum atomic E-state index is -0.494. The second-order valence-corrected chi connectivity index (χ2v) is 7.31. The minimum absolute atomic E-state index is 0.220. The predicted molar refractivity (Wildman–Crippen MR) is 103 cm³/mol. The van der Waals surface area contributed by atoms with Gasteiger partial charge >= 0.3 is 0 Å². The summed E-state index contributed by atoms with van der Waals surface area (Å²) in [7, 11) is 1.70. The van der Waals surface area contributed by atoms with Crippen molar-refractivity contribution in [2.45, 2.75) is 5.92 Å². The lowest BCUT2D eigenvalue weighted by atomic mass is 9.87. The maximum absolute atomic E-state index is 14.2. The third kappa shape index (κ3) is 2.66. The Morgan fingerprint density at radius 3 is 2.93 bits per heavy atom. The molecule has 2 aliphatic rings. The number of anilines is 1. The average Bonchev–Trinajstić information content (AvgIpc) is 3.15. The number of aromatic nitrogens is 3. The van der Waals surface area contributed by atoms with Gasteiger partial charge in [0.25, 0.3) is 5.56 Å². The van der Waals surface area contributed by atoms with Crippen LogP contribution in [-0.4, -0.2) is 34.2 Å². The largest absolute Gasteiger partial charge is 0.493 e. The van der Waals surface area contributed by atoms with E-state index in [1.807, 2.05) is 18.2 Å². The monoisotopic (exact) mass is 378 g/mol. The lowest BCUT2D eigenvalue weighted by Crippen LogP contribution is -2.30. The summed E-state index contributed by atoms with van der Waals surface area (Å²) in [6.45, 7) is 2.12. The highest BCUT2D eigenvalue weighted by Crippen LogP contribution is 2.42. The lowest BCUT2D eigenvalue weighted by Gasteiger charge is -2.27. The second kappa shape index (κ2) is 6.44. The van der Waals surface area contributed by atoms with Crippen molar-refractivity contribution in [3.8, 4) is 17.0 Å². The molecule has 1 saturated heterocycles. The average molecular weight is 378 g/mol. The van der Waals surface area contributed by atoms with Crippen LogP contribution in [0.5, 0.6) is 5.75 Å². The van der Waals surface area contributed by atoms with Crippen molar-refractivity contribution < 1.29 is 9.13 Å². The Labute approximate surface area is 161 Å². The Balaban J connectivity index is 1.54. The Morgan fingerprint density at radius 1 is 1.21 bits per heavy atom. The topological polar surface area (TPSA) is 60.2 Å². The first-order valence-electron chi connectivity index (χ1n) is 9.26. The molecular weight excluding hydrogens is 359 g/mol. The summed E-state index contributed by atoms with van der Waals surface area (Å²) in [6, 6.07) is 11.0. The maximum Gasteiger partial charge on any atom is 0.255 e. The van der Waals surface area contributed by atoms with Gasteiger partial charge in [0.2, 0.25) is 5.95 Å². The number of nitrogens with zero attached hydrogens (tertiary/aromatic N) is 4. The fourth-order valence-electron chi connectivity index (χ4n) is 4.20. The normalized spacial score (nSPS) is 20.4. The molecule has 0 unspecified atom stereocenters. The van der Waals surface area contributed by atoms with E-state index in [9.17, 15) is 9.18 Å². The predicted octanol–water partition coefficient (Wildman–Crippen LogP) is 2.59. The number of hydrogen-bond donors (Lipinski definition) is 0. The Kier molecular flexibility index (Phi) is 3.89. The first-order chi connectivity index (χ1) is 13.6. The molecule has 5 rings (SSSR count). The summed E-state index contributed by atoms with van der Waals surface area (Å²) in [5.74, 6) is 1.63. The number of hydrogen-bond acceptors (Lipinski definition) is 5. The van der Waals surface area contributed by atoms with Crippen molar-refractivity contribution in [3.05, 3.63) is 70.5 Å². The van der Waals surface area contributed by atoms with E-state index < -0.39 is 5.82 Å². The van der Waals surface area contributed by atoms with Crippen molar-refractivity contribution >= 4 is 5.95 Å². The van der Waals surface area contributed by atoms with E-state index in [1.165, 1.54) is 28.5 Å². The number of rotatable bonds is 2. The van der Waals surface area contributed by atoms with E-state index in [4.69, 9.17) is 4.74 Å². The molecule has 142 valence electrons. The number of ether oxygens (including phenoxy) is 1. The van der Waals surface area contributed by atoms with Gasteiger partial charge in [0.15, 0.2) is 5.82 Å². The summed E-state index contributed by atoms with van der Waals surface area (Å²) in [5.41, 5.74) is 1.58. The number of para-hydroxylation sites is 1. The van der Waals surface area contributed by atoms with E-state index in [-0.39, 0.29) is 11.1 Å². The minimum Gasteiger partial charge on any atom is -0.493 e. The molecule has 0 aliphatic carbocycles. The number of benzene rings is 1. The highest BCUT2D eigenvalue weighted by Gasteiger charge is 2.39. The maximum atomic E-state index is 14.2. The fraction of sp³-hybridized carbons (Fsp3) is 0.286. The van der Waals surface area contributed by atoms with Crippen LogP contribution in [0.2, 0.25) is 0 Å². The molecule has 0 radical (unpaired) electrons. The third-order valence-electron chi connectivity index (χ3n) is 5.65. The van der Waals surface area contributed by atoms with Crippen molar-refractivity contribution in [2.24, 2.45) is 13.0 Å². The van der Waals surface area contributed by atoms with Crippen LogP contribution in [0.4, 0.5) is 10.3 Å². The van der Waals surface area contributed by atoms with E-state index in [1.54, 1.807) is 7.05 Å². The third-order valence-corrected chi connectivity index (χ3v) is 5.65. The van der Waals surface area contributed by atoms with Gasteiger partial charge < -0.3 is 9.64 Å². The first-order valence-corrected chi connectivity index (χ1v) is 9.26. The van der Waals surface area contributed by atoms with Crippen molar-refractivity contribution in [2.75, 3.05) is 24.6 Å². The smallest absolute Gasteiger partial charge is 0.255 e. The Hall–Kier alpha value is -3.22. The van der Waals surface area contributed by atoms with Crippen LogP contribution in [0.3, 0.4) is 0 Å². The number of halogens is 1. The van der Waals surface area contributed by atoms with Gasteiger partial charge in [-0.3, -0.25) is 14.3 Å². The van der Waals surface area contributed by atoms with Crippen LogP contribution in [0.1, 0.15) is 11.5 Å². The van der Waals surface area contributed by atoms with E-state index in [0.717, 1.165) is 25.0 Å². The Bertz CT molecular complexity index is 1110. The summed E-state index contributed by atoms with van der Waals surface area (Å²) in [4.78, 5) is 23.1. The Morgan fingerprint density at radius 2 is 2.07 bits per heavy atom. The van der Waals surface area contributed by atoms with Gasteiger partial charge in [0.05, 0.1) is 18.5 Å². The summed E-state index contributed by atoms with van der Waals surface area (Å²) >= 11 is 0. The summed E-state index contributed by atoms with van der Waals surface area (Å²) in [5, 5.41) is 0. The zero-order valence-electron chi connectivity index (χ0n) is 15.4. The van der Waals surface area contributed by atoms with Crippen molar-refractivity contribution in [1.29, 1.82) is 0 Å². The van der Waals surface area contributed by atoms with Crippen LogP contribution in [0, 0.1) is 11.7 Å². The van der Waals surface area contributed by atoms with Crippen LogP contribution >= 0.6 is 0 Å². The summed E-state index contributed by atoms with van der Waals surface area (Å²) < 4.78 is 21.6. The molecular formula is C21H19FN4O2. The summed E-state index contributed by atoms with van der Waals surface area (Å²) in [6.07, 6.45) is 2.63. The van der Waals surface area contributed by atoms with Gasteiger partial charge in [-0.2, -0.15) is 0 Å². The SMILES string of the molecule is Cn1c(N2C[C@@H]3COc4ccccc4[C@@H]3C2)nc(-c2ccncc2F)cc1=O. The quantitative estimate of drug-likeness (QED) is 0.686.